The van der Waals surface area contributed by atoms with E-state index in [4.69, 9.17) is 0 Å². The summed E-state index contributed by atoms with van der Waals surface area (Å²) >= 11 is 0. The van der Waals surface area contributed by atoms with Crippen LogP contribution in [0.3, 0.4) is 0 Å². The van der Waals surface area contributed by atoms with Crippen molar-refractivity contribution in [1.29, 1.82) is 0 Å². The minimum Gasteiger partial charge on any atom is -0.311 e. The molecule has 11 aromatic carbocycles. The number of rotatable bonds is 9. The first-order valence-electron chi connectivity index (χ1n) is 22.7. The van der Waals surface area contributed by atoms with E-state index in [2.05, 4.69) is 276 Å². The van der Waals surface area contributed by atoms with E-state index in [0.717, 1.165) is 22.7 Å². The fourth-order valence-electron chi connectivity index (χ4n) is 9.88. The van der Waals surface area contributed by atoms with E-state index in [-0.39, 0.29) is 0 Å². The largest absolute Gasteiger partial charge is 0.311 e. The van der Waals surface area contributed by atoms with Crippen LogP contribution in [0.1, 0.15) is 0 Å². The standard InChI is InChI=1S/C64H44N2/c1-3-15-47(16-4-1)56-21-7-8-22-57(56)49-33-41-53(42-34-49)65(54-43-35-50(36-44-54)59-26-14-20-51-19-13-25-58(64(51)59)48-17-5-2-6-18-48)52-37-29-45(30-38-52)46-31-39-55(40-32-46)66-62-27-11-9-23-60(62)61-24-10-12-28-63(61)66/h1-44H. The van der Waals surface area contributed by atoms with Crippen molar-refractivity contribution >= 4 is 49.6 Å². The van der Waals surface area contributed by atoms with Crippen LogP contribution in [0.2, 0.25) is 0 Å². The first-order chi connectivity index (χ1) is 32.7. The number of benzene rings is 11. The molecule has 0 saturated carbocycles. The highest BCUT2D eigenvalue weighted by Gasteiger charge is 2.17. The summed E-state index contributed by atoms with van der Waals surface area (Å²) in [4.78, 5) is 2.37. The summed E-state index contributed by atoms with van der Waals surface area (Å²) < 4.78 is 2.37. The van der Waals surface area contributed by atoms with Crippen molar-refractivity contribution in [2.45, 2.75) is 0 Å². The lowest BCUT2D eigenvalue weighted by Crippen LogP contribution is -2.09. The number of nitrogens with zero attached hydrogens (tertiary/aromatic N) is 2. The molecule has 0 aliphatic heterocycles. The number of aromatic nitrogens is 1. The van der Waals surface area contributed by atoms with Crippen molar-refractivity contribution in [2.75, 3.05) is 4.90 Å². The van der Waals surface area contributed by atoms with E-state index in [0.29, 0.717) is 0 Å². The maximum Gasteiger partial charge on any atom is 0.0541 e. The van der Waals surface area contributed by atoms with Crippen molar-refractivity contribution in [2.24, 2.45) is 0 Å². The average Bonchev–Trinajstić information content (AvgIpc) is 3.74. The van der Waals surface area contributed by atoms with Crippen molar-refractivity contribution in [3.05, 3.63) is 267 Å². The van der Waals surface area contributed by atoms with Gasteiger partial charge in [0, 0.05) is 33.5 Å². The van der Waals surface area contributed by atoms with E-state index in [1.165, 1.54) is 88.2 Å². The third-order valence-corrected chi connectivity index (χ3v) is 13.0. The van der Waals surface area contributed by atoms with Gasteiger partial charge < -0.3 is 9.47 Å². The van der Waals surface area contributed by atoms with E-state index in [1.807, 2.05) is 0 Å². The van der Waals surface area contributed by atoms with Crippen LogP contribution in [-0.2, 0) is 0 Å². The molecule has 12 rings (SSSR count). The van der Waals surface area contributed by atoms with E-state index in [9.17, 15) is 0 Å². The van der Waals surface area contributed by atoms with Gasteiger partial charge in [-0.15, -0.1) is 0 Å². The second-order valence-electron chi connectivity index (χ2n) is 16.9. The van der Waals surface area contributed by atoms with Crippen molar-refractivity contribution in [3.63, 3.8) is 0 Å². The lowest BCUT2D eigenvalue weighted by molar-refractivity contribution is 1.18. The van der Waals surface area contributed by atoms with Crippen LogP contribution in [0.25, 0.3) is 93.9 Å². The van der Waals surface area contributed by atoms with E-state index < -0.39 is 0 Å². The molecule has 0 amide bonds. The number of para-hydroxylation sites is 2. The Labute approximate surface area is 385 Å². The van der Waals surface area contributed by atoms with Crippen LogP contribution in [0.15, 0.2) is 267 Å². The molecular formula is C64H44N2. The molecule has 0 aliphatic rings. The predicted octanol–water partition coefficient (Wildman–Crippen LogP) is 17.7. The van der Waals surface area contributed by atoms with Gasteiger partial charge in [0.1, 0.15) is 0 Å². The Morgan fingerprint density at radius 1 is 0.242 bits per heavy atom. The molecule has 0 unspecified atom stereocenters. The van der Waals surface area contributed by atoms with Gasteiger partial charge in [0.05, 0.1) is 11.0 Å². The van der Waals surface area contributed by atoms with E-state index >= 15 is 0 Å². The van der Waals surface area contributed by atoms with Gasteiger partial charge in [0.2, 0.25) is 0 Å². The summed E-state index contributed by atoms with van der Waals surface area (Å²) in [5.74, 6) is 0. The molecule has 0 radical (unpaired) electrons. The monoisotopic (exact) mass is 840 g/mol. The summed E-state index contributed by atoms with van der Waals surface area (Å²) in [5, 5.41) is 5.03. The Morgan fingerprint density at radius 2 is 0.591 bits per heavy atom. The lowest BCUT2D eigenvalue weighted by atomic mass is 9.91. The van der Waals surface area contributed by atoms with Crippen LogP contribution >= 0.6 is 0 Å². The third-order valence-electron chi connectivity index (χ3n) is 13.0. The molecule has 2 heteroatoms. The van der Waals surface area contributed by atoms with Crippen LogP contribution < -0.4 is 4.90 Å². The van der Waals surface area contributed by atoms with Gasteiger partial charge in [-0.25, -0.2) is 0 Å². The zero-order chi connectivity index (χ0) is 43.8. The summed E-state index contributed by atoms with van der Waals surface area (Å²) in [7, 11) is 0. The van der Waals surface area contributed by atoms with Gasteiger partial charge in [-0.2, -0.15) is 0 Å². The van der Waals surface area contributed by atoms with Crippen LogP contribution in [-0.4, -0.2) is 4.57 Å². The topological polar surface area (TPSA) is 8.17 Å². The number of anilines is 3. The minimum absolute atomic E-state index is 1.09. The minimum atomic E-state index is 1.09. The van der Waals surface area contributed by atoms with Gasteiger partial charge in [-0.05, 0) is 127 Å². The second kappa shape index (κ2) is 16.8. The molecule has 1 heterocycles. The molecule has 0 atom stereocenters. The fraction of sp³-hybridized carbons (Fsp3) is 0. The molecule has 12 aromatic rings. The van der Waals surface area contributed by atoms with Gasteiger partial charge >= 0.3 is 0 Å². The average molecular weight is 841 g/mol. The molecule has 0 saturated heterocycles. The number of hydrogen-bond donors (Lipinski definition) is 0. The smallest absolute Gasteiger partial charge is 0.0541 e. The van der Waals surface area contributed by atoms with Gasteiger partial charge in [0.25, 0.3) is 0 Å². The molecule has 66 heavy (non-hydrogen) atoms. The summed E-state index contributed by atoms with van der Waals surface area (Å²) in [6.07, 6.45) is 0. The van der Waals surface area contributed by atoms with Crippen LogP contribution in [0.5, 0.6) is 0 Å². The van der Waals surface area contributed by atoms with Gasteiger partial charge in [-0.1, -0.05) is 206 Å². The molecule has 0 bridgehead atoms. The molecule has 0 fully saturated rings. The normalized spacial score (nSPS) is 11.3. The van der Waals surface area contributed by atoms with E-state index in [1.54, 1.807) is 0 Å². The summed E-state index contributed by atoms with van der Waals surface area (Å²) in [5.41, 5.74) is 18.9. The number of fused-ring (bicyclic) bond motifs is 4. The lowest BCUT2D eigenvalue weighted by Gasteiger charge is -2.26. The van der Waals surface area contributed by atoms with Crippen molar-refractivity contribution in [1.82, 2.24) is 4.57 Å². The molecule has 1 aromatic heterocycles. The Balaban J connectivity index is 0.916. The Morgan fingerprint density at radius 3 is 1.08 bits per heavy atom. The maximum absolute atomic E-state index is 2.37. The predicted molar refractivity (Wildman–Crippen MR) is 280 cm³/mol. The molecule has 0 spiro atoms. The van der Waals surface area contributed by atoms with Crippen molar-refractivity contribution in [3.8, 4) is 61.3 Å². The Hall–Kier alpha value is -8.72. The molecular weight excluding hydrogens is 797 g/mol. The molecule has 0 N–H and O–H groups in total. The maximum atomic E-state index is 2.37. The van der Waals surface area contributed by atoms with Gasteiger partial charge in [0.15, 0.2) is 0 Å². The van der Waals surface area contributed by atoms with Crippen molar-refractivity contribution < 1.29 is 0 Å². The number of hydrogen-bond acceptors (Lipinski definition) is 1. The quantitative estimate of drug-likeness (QED) is 0.141. The zero-order valence-corrected chi connectivity index (χ0v) is 36.3. The highest BCUT2D eigenvalue weighted by atomic mass is 15.1. The second-order valence-corrected chi connectivity index (χ2v) is 16.9. The Bertz CT molecular complexity index is 3590. The van der Waals surface area contributed by atoms with Crippen LogP contribution in [0, 0.1) is 0 Å². The third kappa shape index (κ3) is 7.02. The first kappa shape index (κ1) is 38.9. The fourth-order valence-corrected chi connectivity index (χ4v) is 9.88. The summed E-state index contributed by atoms with van der Waals surface area (Å²) in [6, 6.07) is 96.7. The SMILES string of the molecule is c1ccc(-c2ccccc2-c2ccc(N(c3ccc(-c4ccc(-n5c6ccccc6c6ccccc65)cc4)cc3)c3ccc(-c4cccc5cccc(-c6ccccc6)c45)cc3)cc2)cc1. The van der Waals surface area contributed by atoms with Gasteiger partial charge in [-0.3, -0.25) is 0 Å². The Kier molecular flexibility index (Phi) is 9.89. The summed E-state index contributed by atoms with van der Waals surface area (Å²) in [6.45, 7) is 0. The highest BCUT2D eigenvalue weighted by Crippen LogP contribution is 2.42. The highest BCUT2D eigenvalue weighted by molar-refractivity contribution is 6.09. The molecule has 310 valence electrons. The molecule has 0 aliphatic carbocycles. The molecule has 2 nitrogen and oxygen atoms in total. The zero-order valence-electron chi connectivity index (χ0n) is 36.3. The van der Waals surface area contributed by atoms with Crippen LogP contribution in [0.4, 0.5) is 17.1 Å². The first-order valence-corrected chi connectivity index (χ1v) is 22.7.